The van der Waals surface area contributed by atoms with E-state index in [4.69, 9.17) is 5.73 Å². The van der Waals surface area contributed by atoms with Crippen LogP contribution in [-0.2, 0) is 11.2 Å². The molecule has 1 atom stereocenters. The first-order valence-electron chi connectivity index (χ1n) is 7.59. The highest BCUT2D eigenvalue weighted by atomic mass is 35.5. The van der Waals surface area contributed by atoms with Crippen LogP contribution in [0, 0.1) is 11.6 Å². The molecule has 1 amide bonds. The first-order valence-corrected chi connectivity index (χ1v) is 7.59. The first kappa shape index (κ1) is 19.9. The van der Waals surface area contributed by atoms with Gasteiger partial charge in [-0.15, -0.1) is 12.4 Å². The number of hydrogen-bond donors (Lipinski definition) is 2. The molecule has 3 nitrogen and oxygen atoms in total. The van der Waals surface area contributed by atoms with E-state index in [1.54, 1.807) is 6.07 Å². The third kappa shape index (κ3) is 5.20. The summed E-state index contributed by atoms with van der Waals surface area (Å²) in [6, 6.07) is 10.3. The number of nitrogens with one attached hydrogen (secondary N) is 1. The minimum Gasteiger partial charge on any atom is -0.399 e. The molecule has 24 heavy (non-hydrogen) atoms. The molecule has 3 N–H and O–H groups in total. The van der Waals surface area contributed by atoms with Crippen molar-refractivity contribution in [3.8, 4) is 0 Å². The van der Waals surface area contributed by atoms with Gasteiger partial charge in [0.1, 0.15) is 11.6 Å². The van der Waals surface area contributed by atoms with E-state index in [9.17, 15) is 13.6 Å². The molecular formula is C18H21ClF2N2O. The van der Waals surface area contributed by atoms with E-state index in [1.165, 1.54) is 12.1 Å². The fourth-order valence-electron chi connectivity index (χ4n) is 2.46. The number of nitrogens with two attached hydrogens (primary N) is 1. The molecule has 6 heteroatoms. The maximum atomic E-state index is 13.8. The Balaban J connectivity index is 0.00000288. The topological polar surface area (TPSA) is 55.1 Å². The van der Waals surface area contributed by atoms with Crippen molar-refractivity contribution in [3.05, 3.63) is 65.2 Å². The molecule has 2 aromatic carbocycles. The van der Waals surface area contributed by atoms with Crippen LogP contribution in [0.15, 0.2) is 42.5 Å². The first-order chi connectivity index (χ1) is 11.0. The fraction of sp³-hybridized carbons (Fsp3) is 0.278. The van der Waals surface area contributed by atoms with Crippen LogP contribution >= 0.6 is 12.4 Å². The lowest BCUT2D eigenvalue weighted by atomic mass is 10.0. The number of benzene rings is 2. The monoisotopic (exact) mass is 354 g/mol. The lowest BCUT2D eigenvalue weighted by Gasteiger charge is -2.18. The van der Waals surface area contributed by atoms with Gasteiger partial charge in [-0.25, -0.2) is 8.78 Å². The van der Waals surface area contributed by atoms with Crippen LogP contribution in [0.2, 0.25) is 0 Å². The molecule has 0 saturated heterocycles. The summed E-state index contributed by atoms with van der Waals surface area (Å²) in [5, 5.41) is 2.79. The molecular weight excluding hydrogens is 334 g/mol. The van der Waals surface area contributed by atoms with Crippen molar-refractivity contribution in [2.24, 2.45) is 0 Å². The summed E-state index contributed by atoms with van der Waals surface area (Å²) < 4.78 is 26.8. The molecule has 0 aliphatic carbocycles. The molecule has 0 bridgehead atoms. The number of anilines is 1. The number of amides is 1. The van der Waals surface area contributed by atoms with Crippen LogP contribution in [0.25, 0.3) is 0 Å². The van der Waals surface area contributed by atoms with Crippen molar-refractivity contribution in [2.75, 3.05) is 5.73 Å². The molecule has 1 unspecified atom stereocenters. The maximum Gasteiger partial charge on any atom is 0.220 e. The summed E-state index contributed by atoms with van der Waals surface area (Å²) in [6.45, 7) is 1.84. The zero-order valence-electron chi connectivity index (χ0n) is 13.4. The van der Waals surface area contributed by atoms with Crippen molar-refractivity contribution in [3.63, 3.8) is 0 Å². The highest BCUT2D eigenvalue weighted by Crippen LogP contribution is 2.21. The SMILES string of the molecule is CCC(NC(=O)CCc1ccccc1N)c1ccc(F)cc1F.Cl. The predicted octanol–water partition coefficient (Wildman–Crippen LogP) is 4.17. The summed E-state index contributed by atoms with van der Waals surface area (Å²) in [5.41, 5.74) is 7.69. The molecule has 0 saturated carbocycles. The smallest absolute Gasteiger partial charge is 0.220 e. The van der Waals surface area contributed by atoms with Crippen LogP contribution in [-0.4, -0.2) is 5.91 Å². The van der Waals surface area contributed by atoms with Crippen LogP contribution in [0.4, 0.5) is 14.5 Å². The van der Waals surface area contributed by atoms with Crippen LogP contribution < -0.4 is 11.1 Å². The van der Waals surface area contributed by atoms with E-state index in [0.29, 0.717) is 24.1 Å². The number of carbonyl (C=O) groups excluding carboxylic acids is 1. The van der Waals surface area contributed by atoms with E-state index in [-0.39, 0.29) is 24.7 Å². The Labute approximate surface area is 146 Å². The number of rotatable bonds is 6. The third-order valence-electron chi connectivity index (χ3n) is 3.76. The predicted molar refractivity (Wildman–Crippen MR) is 94.0 cm³/mol. The van der Waals surface area contributed by atoms with Crippen molar-refractivity contribution in [1.82, 2.24) is 5.32 Å². The second kappa shape index (κ2) is 9.23. The Morgan fingerprint density at radius 3 is 2.54 bits per heavy atom. The van der Waals surface area contributed by atoms with Gasteiger partial charge in [-0.1, -0.05) is 31.2 Å². The average Bonchev–Trinajstić information content (AvgIpc) is 2.52. The van der Waals surface area contributed by atoms with Gasteiger partial charge >= 0.3 is 0 Å². The molecule has 0 heterocycles. The summed E-state index contributed by atoms with van der Waals surface area (Å²) in [7, 11) is 0. The lowest BCUT2D eigenvalue weighted by molar-refractivity contribution is -0.121. The highest BCUT2D eigenvalue weighted by molar-refractivity contribution is 5.85. The second-order valence-electron chi connectivity index (χ2n) is 5.39. The van der Waals surface area contributed by atoms with E-state index in [2.05, 4.69) is 5.32 Å². The van der Waals surface area contributed by atoms with Crippen LogP contribution in [0.3, 0.4) is 0 Å². The van der Waals surface area contributed by atoms with E-state index in [0.717, 1.165) is 11.6 Å². The van der Waals surface area contributed by atoms with Gasteiger partial charge in [-0.05, 0) is 30.5 Å². The highest BCUT2D eigenvalue weighted by Gasteiger charge is 2.17. The van der Waals surface area contributed by atoms with Gasteiger partial charge in [-0.3, -0.25) is 4.79 Å². The van der Waals surface area contributed by atoms with Gasteiger partial charge < -0.3 is 11.1 Å². The van der Waals surface area contributed by atoms with Crippen LogP contribution in [0.5, 0.6) is 0 Å². The molecule has 0 fully saturated rings. The van der Waals surface area contributed by atoms with Crippen molar-refractivity contribution in [1.29, 1.82) is 0 Å². The largest absolute Gasteiger partial charge is 0.399 e. The van der Waals surface area contributed by atoms with Gasteiger partial charge in [-0.2, -0.15) is 0 Å². The Kier molecular flexibility index (Phi) is 7.65. The normalized spacial score (nSPS) is 11.5. The Morgan fingerprint density at radius 1 is 1.21 bits per heavy atom. The van der Waals surface area contributed by atoms with Gasteiger partial charge in [0.25, 0.3) is 0 Å². The minimum atomic E-state index is -0.649. The number of hydrogen-bond acceptors (Lipinski definition) is 2. The zero-order chi connectivity index (χ0) is 16.8. The molecule has 2 aromatic rings. The van der Waals surface area contributed by atoms with Gasteiger partial charge in [0, 0.05) is 23.7 Å². The number of nitrogen functional groups attached to an aromatic ring is 1. The molecule has 0 spiro atoms. The lowest BCUT2D eigenvalue weighted by Crippen LogP contribution is -2.29. The van der Waals surface area contributed by atoms with E-state index >= 15 is 0 Å². The summed E-state index contributed by atoms with van der Waals surface area (Å²) >= 11 is 0. The average molecular weight is 355 g/mol. The zero-order valence-corrected chi connectivity index (χ0v) is 14.2. The van der Waals surface area contributed by atoms with Gasteiger partial charge in [0.15, 0.2) is 0 Å². The number of para-hydroxylation sites is 1. The molecule has 0 aliphatic rings. The molecule has 130 valence electrons. The Morgan fingerprint density at radius 2 is 1.92 bits per heavy atom. The Bertz CT molecular complexity index is 694. The standard InChI is InChI=1S/C18H20F2N2O.ClH/c1-2-17(14-9-8-13(19)11-15(14)20)22-18(23)10-7-12-5-3-4-6-16(12)21;/h3-6,8-9,11,17H,2,7,10,21H2,1H3,(H,22,23);1H. The fourth-order valence-corrected chi connectivity index (χ4v) is 2.46. The number of halogens is 3. The summed E-state index contributed by atoms with van der Waals surface area (Å²) in [4.78, 5) is 12.1. The molecule has 2 rings (SSSR count). The molecule has 0 radical (unpaired) electrons. The summed E-state index contributed by atoms with van der Waals surface area (Å²) in [6.07, 6.45) is 1.29. The van der Waals surface area contributed by atoms with E-state index in [1.807, 2.05) is 25.1 Å². The quantitative estimate of drug-likeness (QED) is 0.765. The molecule has 0 aliphatic heterocycles. The Hall–Kier alpha value is -2.14. The second-order valence-corrected chi connectivity index (χ2v) is 5.39. The maximum absolute atomic E-state index is 13.8. The number of carbonyl (C=O) groups is 1. The van der Waals surface area contributed by atoms with Gasteiger partial charge in [0.2, 0.25) is 5.91 Å². The van der Waals surface area contributed by atoms with Crippen molar-refractivity contribution >= 4 is 24.0 Å². The van der Waals surface area contributed by atoms with Crippen molar-refractivity contribution in [2.45, 2.75) is 32.2 Å². The van der Waals surface area contributed by atoms with Crippen LogP contribution in [0.1, 0.15) is 36.9 Å². The summed E-state index contributed by atoms with van der Waals surface area (Å²) in [5.74, 6) is -1.47. The van der Waals surface area contributed by atoms with Crippen molar-refractivity contribution < 1.29 is 13.6 Å². The van der Waals surface area contributed by atoms with E-state index < -0.39 is 17.7 Å². The third-order valence-corrected chi connectivity index (χ3v) is 3.76. The molecule has 0 aromatic heterocycles. The van der Waals surface area contributed by atoms with Gasteiger partial charge in [0.05, 0.1) is 6.04 Å². The number of aryl methyl sites for hydroxylation is 1. The minimum absolute atomic E-state index is 0.